The third kappa shape index (κ3) is 4.88. The molecule has 0 spiro atoms. The lowest BCUT2D eigenvalue weighted by Gasteiger charge is -2.11. The Morgan fingerprint density at radius 1 is 1.69 bits per heavy atom. The van der Waals surface area contributed by atoms with Gasteiger partial charge in [0.15, 0.2) is 5.17 Å². The molecule has 1 aliphatic heterocycles. The molecule has 0 aromatic carbocycles. The largest absolute Gasteiger partial charge is 0.469 e. The van der Waals surface area contributed by atoms with Gasteiger partial charge in [-0.15, -0.1) is 0 Å². The van der Waals surface area contributed by atoms with Gasteiger partial charge in [0.25, 0.3) is 0 Å². The van der Waals surface area contributed by atoms with Crippen LogP contribution in [0.5, 0.6) is 0 Å². The number of carbonyl (C=O) groups is 1. The SMILES string of the molecule is COC(=O)CCN=C1NC(CC(C)C)CS1. The smallest absolute Gasteiger partial charge is 0.307 e. The molecule has 0 aromatic rings. The number of aliphatic imine (C=N–C) groups is 1. The van der Waals surface area contributed by atoms with E-state index in [1.807, 2.05) is 0 Å². The van der Waals surface area contributed by atoms with E-state index in [0.717, 1.165) is 10.9 Å². The van der Waals surface area contributed by atoms with Crippen molar-refractivity contribution in [3.05, 3.63) is 0 Å². The summed E-state index contributed by atoms with van der Waals surface area (Å²) in [6.07, 6.45) is 1.53. The van der Waals surface area contributed by atoms with E-state index in [9.17, 15) is 4.79 Å². The summed E-state index contributed by atoms with van der Waals surface area (Å²) < 4.78 is 4.55. The van der Waals surface area contributed by atoms with Crippen molar-refractivity contribution in [2.45, 2.75) is 32.7 Å². The van der Waals surface area contributed by atoms with Gasteiger partial charge in [-0.05, 0) is 12.3 Å². The van der Waals surface area contributed by atoms with Crippen molar-refractivity contribution in [3.8, 4) is 0 Å². The molecule has 0 aromatic heterocycles. The van der Waals surface area contributed by atoms with Crippen LogP contribution < -0.4 is 5.32 Å². The lowest BCUT2D eigenvalue weighted by Crippen LogP contribution is -2.28. The first-order valence-electron chi connectivity index (χ1n) is 5.62. The Bertz CT molecular complexity index is 267. The summed E-state index contributed by atoms with van der Waals surface area (Å²) in [5.74, 6) is 1.58. The third-order valence-electron chi connectivity index (χ3n) is 2.30. The van der Waals surface area contributed by atoms with Gasteiger partial charge in [-0.3, -0.25) is 9.79 Å². The quantitative estimate of drug-likeness (QED) is 0.747. The van der Waals surface area contributed by atoms with Crippen LogP contribution >= 0.6 is 11.8 Å². The van der Waals surface area contributed by atoms with Gasteiger partial charge in [-0.2, -0.15) is 0 Å². The van der Waals surface area contributed by atoms with Crippen LogP contribution in [0.1, 0.15) is 26.7 Å². The zero-order chi connectivity index (χ0) is 12.0. The maximum atomic E-state index is 10.9. The topological polar surface area (TPSA) is 50.7 Å². The fraction of sp³-hybridized carbons (Fsp3) is 0.818. The molecule has 1 aliphatic rings. The van der Waals surface area contributed by atoms with Crippen molar-refractivity contribution in [1.82, 2.24) is 5.32 Å². The number of rotatable bonds is 5. The number of methoxy groups -OCH3 is 1. The van der Waals surface area contributed by atoms with Crippen LogP contribution in [0.25, 0.3) is 0 Å². The monoisotopic (exact) mass is 244 g/mol. The maximum Gasteiger partial charge on any atom is 0.307 e. The molecule has 1 unspecified atom stereocenters. The van der Waals surface area contributed by atoms with E-state index in [1.165, 1.54) is 13.5 Å². The highest BCUT2D eigenvalue weighted by Gasteiger charge is 2.20. The van der Waals surface area contributed by atoms with Crippen LogP contribution in [0.4, 0.5) is 0 Å². The number of carbonyl (C=O) groups excluding carboxylic acids is 1. The van der Waals surface area contributed by atoms with E-state index >= 15 is 0 Å². The number of nitrogens with zero attached hydrogens (tertiary/aromatic N) is 1. The predicted octanol–water partition coefficient (Wildman–Crippen LogP) is 1.66. The number of hydrogen-bond donors (Lipinski definition) is 1. The van der Waals surface area contributed by atoms with E-state index in [-0.39, 0.29) is 5.97 Å². The highest BCUT2D eigenvalue weighted by Crippen LogP contribution is 2.18. The predicted molar refractivity (Wildman–Crippen MR) is 67.8 cm³/mol. The second-order valence-electron chi connectivity index (χ2n) is 4.29. The summed E-state index contributed by atoms with van der Waals surface area (Å²) in [5.41, 5.74) is 0. The van der Waals surface area contributed by atoms with Crippen LogP contribution in [0.2, 0.25) is 0 Å². The minimum Gasteiger partial charge on any atom is -0.469 e. The van der Waals surface area contributed by atoms with Gasteiger partial charge >= 0.3 is 5.97 Å². The van der Waals surface area contributed by atoms with Gasteiger partial charge in [-0.25, -0.2) is 0 Å². The zero-order valence-corrected chi connectivity index (χ0v) is 11.0. The molecule has 1 atom stereocenters. The minimum atomic E-state index is -0.203. The Labute approximate surface area is 101 Å². The molecule has 1 rings (SSSR count). The summed E-state index contributed by atoms with van der Waals surface area (Å²) in [6, 6.07) is 0.530. The average Bonchev–Trinajstić information content (AvgIpc) is 2.64. The Balaban J connectivity index is 2.24. The van der Waals surface area contributed by atoms with Gasteiger partial charge in [0.1, 0.15) is 0 Å². The summed E-state index contributed by atoms with van der Waals surface area (Å²) in [5, 5.41) is 4.34. The molecule has 16 heavy (non-hydrogen) atoms. The number of amidine groups is 1. The molecule has 0 amide bonds. The standard InChI is InChI=1S/C11H20N2O2S/c1-8(2)6-9-7-16-11(13-9)12-5-4-10(14)15-3/h8-9H,4-7H2,1-3H3,(H,12,13). The fourth-order valence-electron chi connectivity index (χ4n) is 1.58. The molecule has 0 saturated carbocycles. The first kappa shape index (κ1) is 13.4. The summed E-state index contributed by atoms with van der Waals surface area (Å²) in [7, 11) is 1.40. The van der Waals surface area contributed by atoms with Crippen molar-refractivity contribution < 1.29 is 9.53 Å². The molecule has 0 radical (unpaired) electrons. The number of thioether (sulfide) groups is 1. The second kappa shape index (κ2) is 6.78. The van der Waals surface area contributed by atoms with E-state index in [2.05, 4.69) is 28.9 Å². The Morgan fingerprint density at radius 3 is 3.06 bits per heavy atom. The molecule has 0 bridgehead atoms. The van der Waals surface area contributed by atoms with Gasteiger partial charge in [0, 0.05) is 11.8 Å². The lowest BCUT2D eigenvalue weighted by atomic mass is 10.1. The Morgan fingerprint density at radius 2 is 2.44 bits per heavy atom. The van der Waals surface area contributed by atoms with E-state index in [4.69, 9.17) is 0 Å². The van der Waals surface area contributed by atoms with E-state index in [1.54, 1.807) is 11.8 Å². The maximum absolute atomic E-state index is 10.9. The molecule has 92 valence electrons. The Hall–Kier alpha value is -0.710. The Kier molecular flexibility index (Phi) is 5.66. The van der Waals surface area contributed by atoms with Crippen LogP contribution in [-0.2, 0) is 9.53 Å². The number of hydrogen-bond acceptors (Lipinski definition) is 4. The molecule has 1 saturated heterocycles. The highest BCUT2D eigenvalue weighted by molar-refractivity contribution is 8.14. The van der Waals surface area contributed by atoms with Crippen LogP contribution in [0.15, 0.2) is 4.99 Å². The summed E-state index contributed by atoms with van der Waals surface area (Å²) in [4.78, 5) is 15.2. The van der Waals surface area contributed by atoms with Gasteiger partial charge < -0.3 is 10.1 Å². The molecule has 5 heteroatoms. The van der Waals surface area contributed by atoms with E-state index in [0.29, 0.717) is 24.9 Å². The minimum absolute atomic E-state index is 0.203. The molecule has 1 heterocycles. The fourth-order valence-corrected chi connectivity index (χ4v) is 2.59. The first-order valence-corrected chi connectivity index (χ1v) is 6.61. The highest BCUT2D eigenvalue weighted by atomic mass is 32.2. The number of nitrogens with one attached hydrogen (secondary N) is 1. The van der Waals surface area contributed by atoms with Gasteiger partial charge in [0.2, 0.25) is 0 Å². The van der Waals surface area contributed by atoms with Crippen molar-refractivity contribution >= 4 is 22.9 Å². The lowest BCUT2D eigenvalue weighted by molar-refractivity contribution is -0.140. The third-order valence-corrected chi connectivity index (χ3v) is 3.39. The van der Waals surface area contributed by atoms with Crippen molar-refractivity contribution in [2.75, 3.05) is 19.4 Å². The molecular weight excluding hydrogens is 224 g/mol. The van der Waals surface area contributed by atoms with Crippen LogP contribution in [-0.4, -0.2) is 36.6 Å². The van der Waals surface area contributed by atoms with Crippen LogP contribution in [0.3, 0.4) is 0 Å². The molecule has 0 aliphatic carbocycles. The molecule has 4 nitrogen and oxygen atoms in total. The normalized spacial score (nSPS) is 22.5. The average molecular weight is 244 g/mol. The van der Waals surface area contributed by atoms with Gasteiger partial charge in [-0.1, -0.05) is 25.6 Å². The summed E-state index contributed by atoms with van der Waals surface area (Å²) in [6.45, 7) is 4.95. The number of esters is 1. The first-order chi connectivity index (χ1) is 7.61. The van der Waals surface area contributed by atoms with Crippen molar-refractivity contribution in [2.24, 2.45) is 10.9 Å². The molecule has 1 N–H and O–H groups in total. The van der Waals surface area contributed by atoms with Crippen LogP contribution in [0, 0.1) is 5.92 Å². The second-order valence-corrected chi connectivity index (χ2v) is 5.30. The van der Waals surface area contributed by atoms with Gasteiger partial charge in [0.05, 0.1) is 20.1 Å². The van der Waals surface area contributed by atoms with Crippen molar-refractivity contribution in [1.29, 1.82) is 0 Å². The summed E-state index contributed by atoms with van der Waals surface area (Å²) >= 11 is 1.74. The zero-order valence-electron chi connectivity index (χ0n) is 10.2. The van der Waals surface area contributed by atoms with E-state index < -0.39 is 0 Å². The molecular formula is C11H20N2O2S. The molecule has 1 fully saturated rings. The number of ether oxygens (including phenoxy) is 1. The van der Waals surface area contributed by atoms with Crippen molar-refractivity contribution in [3.63, 3.8) is 0 Å².